The van der Waals surface area contributed by atoms with E-state index >= 15 is 0 Å². The fourth-order valence-electron chi connectivity index (χ4n) is 4.29. The molecule has 1 spiro atoms. The van der Waals surface area contributed by atoms with E-state index in [1.807, 2.05) is 32.9 Å². The SMILES string of the molecule is CC(C)(C)OC(=O)[C@H]1CC[C@@H]2C=C[C@]3(CCCN3C(=O)OC(C)(C)C)C(=O)N12. The Bertz CT molecular complexity index is 703. The number of likely N-dealkylation sites (tertiary alicyclic amines) is 1. The summed E-state index contributed by atoms with van der Waals surface area (Å²) in [5.41, 5.74) is -2.32. The summed E-state index contributed by atoms with van der Waals surface area (Å²) >= 11 is 0. The maximum absolute atomic E-state index is 13.6. The van der Waals surface area contributed by atoms with E-state index in [-0.39, 0.29) is 17.9 Å². The van der Waals surface area contributed by atoms with Crippen molar-refractivity contribution < 1.29 is 23.9 Å². The number of carbonyl (C=O) groups is 3. The third-order valence-corrected chi connectivity index (χ3v) is 5.34. The van der Waals surface area contributed by atoms with Gasteiger partial charge in [0, 0.05) is 6.54 Å². The van der Waals surface area contributed by atoms with Gasteiger partial charge in [0.2, 0.25) is 0 Å². The summed E-state index contributed by atoms with van der Waals surface area (Å²) in [5, 5.41) is 0. The first-order valence-electron chi connectivity index (χ1n) is 10.1. The molecule has 0 aromatic rings. The molecule has 3 aliphatic rings. The van der Waals surface area contributed by atoms with Crippen LogP contribution in [0.1, 0.15) is 67.2 Å². The van der Waals surface area contributed by atoms with Gasteiger partial charge in [-0.05, 0) is 67.2 Å². The van der Waals surface area contributed by atoms with Crippen molar-refractivity contribution in [2.45, 2.75) is 96.1 Å². The van der Waals surface area contributed by atoms with Crippen molar-refractivity contribution in [3.8, 4) is 0 Å². The Kier molecular flexibility index (Phi) is 5.01. The summed E-state index contributed by atoms with van der Waals surface area (Å²) in [4.78, 5) is 42.3. The van der Waals surface area contributed by atoms with Crippen molar-refractivity contribution in [3.63, 3.8) is 0 Å². The van der Waals surface area contributed by atoms with E-state index in [2.05, 4.69) is 0 Å². The van der Waals surface area contributed by atoms with Crippen LogP contribution in [0.3, 0.4) is 0 Å². The molecule has 0 aromatic carbocycles. The van der Waals surface area contributed by atoms with Crippen LogP contribution in [0.4, 0.5) is 4.79 Å². The summed E-state index contributed by atoms with van der Waals surface area (Å²) in [6.07, 6.45) is 5.86. The lowest BCUT2D eigenvalue weighted by Crippen LogP contribution is -2.63. The van der Waals surface area contributed by atoms with Crippen LogP contribution in [0.5, 0.6) is 0 Å². The Balaban J connectivity index is 1.87. The summed E-state index contributed by atoms with van der Waals surface area (Å²) in [5.74, 6) is -0.577. The normalized spacial score (nSPS) is 30.0. The number of hydrogen-bond acceptors (Lipinski definition) is 5. The van der Waals surface area contributed by atoms with Crippen LogP contribution >= 0.6 is 0 Å². The highest BCUT2D eigenvalue weighted by molar-refractivity contribution is 5.97. The minimum atomic E-state index is -1.07. The van der Waals surface area contributed by atoms with E-state index in [1.165, 1.54) is 4.90 Å². The van der Waals surface area contributed by atoms with Gasteiger partial charge in [0.25, 0.3) is 5.91 Å². The molecule has 2 saturated heterocycles. The molecule has 0 radical (unpaired) electrons. The van der Waals surface area contributed by atoms with Crippen LogP contribution < -0.4 is 0 Å². The molecule has 3 aliphatic heterocycles. The highest BCUT2D eigenvalue weighted by atomic mass is 16.6. The molecule has 0 aliphatic carbocycles. The molecule has 28 heavy (non-hydrogen) atoms. The van der Waals surface area contributed by atoms with Crippen LogP contribution in [-0.2, 0) is 19.1 Å². The third kappa shape index (κ3) is 3.76. The van der Waals surface area contributed by atoms with E-state index in [4.69, 9.17) is 9.47 Å². The Morgan fingerprint density at radius 1 is 1.07 bits per heavy atom. The molecular weight excluding hydrogens is 360 g/mol. The zero-order valence-electron chi connectivity index (χ0n) is 17.8. The van der Waals surface area contributed by atoms with E-state index < -0.39 is 28.9 Å². The topological polar surface area (TPSA) is 76.1 Å². The number of nitrogens with zero attached hydrogens (tertiary/aromatic N) is 2. The minimum absolute atomic E-state index is 0.128. The van der Waals surface area contributed by atoms with Gasteiger partial charge in [-0.15, -0.1) is 0 Å². The molecule has 0 aromatic heterocycles. The molecule has 2 fully saturated rings. The molecule has 0 N–H and O–H groups in total. The zero-order valence-corrected chi connectivity index (χ0v) is 17.8. The summed E-state index contributed by atoms with van der Waals surface area (Å²) in [6, 6.07) is -0.739. The van der Waals surface area contributed by atoms with Crippen molar-refractivity contribution in [1.82, 2.24) is 9.80 Å². The molecule has 3 atom stereocenters. The van der Waals surface area contributed by atoms with Gasteiger partial charge in [-0.25, -0.2) is 9.59 Å². The summed E-state index contributed by atoms with van der Waals surface area (Å²) < 4.78 is 11.1. The van der Waals surface area contributed by atoms with E-state index in [0.29, 0.717) is 32.2 Å². The second-order valence-corrected chi connectivity index (χ2v) is 9.93. The molecular formula is C21H32N2O5. The first kappa shape index (κ1) is 20.7. The van der Waals surface area contributed by atoms with Gasteiger partial charge < -0.3 is 14.4 Å². The van der Waals surface area contributed by atoms with E-state index in [0.717, 1.165) is 0 Å². The first-order valence-corrected chi connectivity index (χ1v) is 10.1. The van der Waals surface area contributed by atoms with Gasteiger partial charge in [0.1, 0.15) is 22.8 Å². The number of ether oxygens (including phenoxy) is 2. The number of hydrogen-bond donors (Lipinski definition) is 0. The fourth-order valence-corrected chi connectivity index (χ4v) is 4.29. The Hall–Kier alpha value is -2.05. The van der Waals surface area contributed by atoms with Crippen LogP contribution in [0.15, 0.2) is 12.2 Å². The van der Waals surface area contributed by atoms with Crippen molar-refractivity contribution >= 4 is 18.0 Å². The number of carbonyl (C=O) groups excluding carboxylic acids is 3. The molecule has 0 unspecified atom stereocenters. The number of amides is 2. The lowest BCUT2D eigenvalue weighted by molar-refractivity contribution is -0.165. The third-order valence-electron chi connectivity index (χ3n) is 5.34. The predicted molar refractivity (Wildman–Crippen MR) is 104 cm³/mol. The van der Waals surface area contributed by atoms with Gasteiger partial charge in [0.15, 0.2) is 0 Å². The van der Waals surface area contributed by atoms with Gasteiger partial charge in [-0.3, -0.25) is 9.69 Å². The number of rotatable bonds is 1. The zero-order chi connectivity index (χ0) is 20.9. The highest BCUT2D eigenvalue weighted by Crippen LogP contribution is 2.41. The molecule has 7 nitrogen and oxygen atoms in total. The second-order valence-electron chi connectivity index (χ2n) is 9.93. The number of fused-ring (bicyclic) bond motifs is 1. The van der Waals surface area contributed by atoms with Crippen molar-refractivity contribution in [3.05, 3.63) is 12.2 Å². The largest absolute Gasteiger partial charge is 0.458 e. The Morgan fingerprint density at radius 2 is 1.71 bits per heavy atom. The van der Waals surface area contributed by atoms with Crippen molar-refractivity contribution in [2.75, 3.05) is 6.54 Å². The van der Waals surface area contributed by atoms with Gasteiger partial charge in [-0.1, -0.05) is 12.2 Å². The maximum atomic E-state index is 13.6. The Labute approximate surface area is 167 Å². The molecule has 3 heterocycles. The van der Waals surface area contributed by atoms with Gasteiger partial charge in [0.05, 0.1) is 6.04 Å². The quantitative estimate of drug-likeness (QED) is 0.506. The van der Waals surface area contributed by atoms with Crippen LogP contribution in [0, 0.1) is 0 Å². The highest BCUT2D eigenvalue weighted by Gasteiger charge is 2.57. The Morgan fingerprint density at radius 3 is 2.32 bits per heavy atom. The van der Waals surface area contributed by atoms with E-state index in [9.17, 15) is 14.4 Å². The lowest BCUT2D eigenvalue weighted by atomic mass is 9.89. The fraction of sp³-hybridized carbons (Fsp3) is 0.762. The molecule has 0 saturated carbocycles. The van der Waals surface area contributed by atoms with Crippen LogP contribution in [-0.4, -0.2) is 63.1 Å². The summed E-state index contributed by atoms with van der Waals surface area (Å²) in [6.45, 7) is 11.3. The summed E-state index contributed by atoms with van der Waals surface area (Å²) in [7, 11) is 0. The lowest BCUT2D eigenvalue weighted by Gasteiger charge is -2.43. The molecule has 7 heteroatoms. The molecule has 0 bridgehead atoms. The van der Waals surface area contributed by atoms with E-state index in [1.54, 1.807) is 25.7 Å². The standard InChI is InChI=1S/C21H32N2O5/c1-19(2,3)27-16(24)15-9-8-14-10-12-21(17(25)23(14)15)11-7-13-22(21)18(26)28-20(4,5)6/h10,12,14-15H,7-9,11,13H2,1-6H3/t14-,15-,21-/m1/s1. The van der Waals surface area contributed by atoms with Crippen molar-refractivity contribution in [2.24, 2.45) is 0 Å². The van der Waals surface area contributed by atoms with Gasteiger partial charge >= 0.3 is 12.1 Å². The predicted octanol–water partition coefficient (Wildman–Crippen LogP) is 3.03. The molecule has 156 valence electrons. The minimum Gasteiger partial charge on any atom is -0.458 e. The molecule has 2 amide bonds. The van der Waals surface area contributed by atoms with Crippen LogP contribution in [0.2, 0.25) is 0 Å². The second kappa shape index (κ2) is 6.78. The van der Waals surface area contributed by atoms with Crippen LogP contribution in [0.25, 0.3) is 0 Å². The van der Waals surface area contributed by atoms with Gasteiger partial charge in [-0.2, -0.15) is 0 Å². The monoisotopic (exact) mass is 392 g/mol. The average molecular weight is 392 g/mol. The average Bonchev–Trinajstić information content (AvgIpc) is 3.13. The number of esters is 1. The maximum Gasteiger partial charge on any atom is 0.411 e. The smallest absolute Gasteiger partial charge is 0.411 e. The molecule has 3 rings (SSSR count). The van der Waals surface area contributed by atoms with Crippen molar-refractivity contribution in [1.29, 1.82) is 0 Å². The first-order chi connectivity index (χ1) is 12.8.